The van der Waals surface area contributed by atoms with Crippen molar-refractivity contribution in [3.63, 3.8) is 0 Å². The Balaban J connectivity index is 2.29. The zero-order valence-electron chi connectivity index (χ0n) is 10.2. The van der Waals surface area contributed by atoms with Crippen molar-refractivity contribution in [1.82, 2.24) is 20.4 Å². The summed E-state index contributed by atoms with van der Waals surface area (Å²) in [5.74, 6) is 1.56. The minimum atomic E-state index is -0.0609. The van der Waals surface area contributed by atoms with Gasteiger partial charge in [-0.25, -0.2) is 0 Å². The topological polar surface area (TPSA) is 63.8 Å². The lowest BCUT2D eigenvalue weighted by Gasteiger charge is -2.11. The van der Waals surface area contributed by atoms with Crippen molar-refractivity contribution >= 4 is 0 Å². The van der Waals surface area contributed by atoms with Gasteiger partial charge in [-0.05, 0) is 24.7 Å². The van der Waals surface area contributed by atoms with E-state index in [-0.39, 0.29) is 12.0 Å². The van der Waals surface area contributed by atoms with E-state index in [4.69, 9.17) is 4.52 Å². The van der Waals surface area contributed by atoms with Crippen LogP contribution in [0.5, 0.6) is 0 Å². The molecule has 1 N–H and O–H groups in total. The van der Waals surface area contributed by atoms with Crippen molar-refractivity contribution in [2.75, 3.05) is 7.05 Å². The third-order valence-corrected chi connectivity index (χ3v) is 2.54. The van der Waals surface area contributed by atoms with Crippen LogP contribution in [0, 0.1) is 0 Å². The molecule has 0 aliphatic rings. The maximum absolute atomic E-state index is 5.21. The van der Waals surface area contributed by atoms with Gasteiger partial charge in [-0.2, -0.15) is 4.98 Å². The van der Waals surface area contributed by atoms with Gasteiger partial charge in [0.25, 0.3) is 0 Å². The maximum Gasteiger partial charge on any atom is 0.229 e. The van der Waals surface area contributed by atoms with Gasteiger partial charge < -0.3 is 9.84 Å². The normalized spacial score (nSPS) is 12.9. The molecule has 0 fully saturated rings. The van der Waals surface area contributed by atoms with E-state index >= 15 is 0 Å². The van der Waals surface area contributed by atoms with Gasteiger partial charge in [0.15, 0.2) is 5.82 Å². The predicted molar refractivity (Wildman–Crippen MR) is 63.5 cm³/mol. The predicted octanol–water partition coefficient (Wildman–Crippen LogP) is 1.90. The summed E-state index contributed by atoms with van der Waals surface area (Å²) < 4.78 is 5.21. The average molecular weight is 232 g/mol. The summed E-state index contributed by atoms with van der Waals surface area (Å²) in [7, 11) is 1.87. The van der Waals surface area contributed by atoms with Crippen molar-refractivity contribution in [3.05, 3.63) is 41.8 Å². The van der Waals surface area contributed by atoms with Crippen molar-refractivity contribution in [1.29, 1.82) is 0 Å². The van der Waals surface area contributed by atoms with E-state index in [9.17, 15) is 0 Å². The first-order valence-corrected chi connectivity index (χ1v) is 5.63. The molecule has 2 aromatic rings. The van der Waals surface area contributed by atoms with Crippen molar-refractivity contribution in [3.8, 4) is 0 Å². The quantitative estimate of drug-likeness (QED) is 0.872. The molecule has 0 unspecified atom stereocenters. The summed E-state index contributed by atoms with van der Waals surface area (Å²) in [5.41, 5.74) is 1.07. The largest absolute Gasteiger partial charge is 0.339 e. The van der Waals surface area contributed by atoms with Crippen LogP contribution in [0.2, 0.25) is 0 Å². The van der Waals surface area contributed by atoms with E-state index in [1.807, 2.05) is 33.0 Å². The third kappa shape index (κ3) is 2.50. The Hall–Kier alpha value is -1.75. The third-order valence-electron chi connectivity index (χ3n) is 2.54. The molecule has 2 heterocycles. The van der Waals surface area contributed by atoms with Gasteiger partial charge in [0, 0.05) is 18.3 Å². The second kappa shape index (κ2) is 5.05. The fraction of sp³-hybridized carbons (Fsp3) is 0.417. The van der Waals surface area contributed by atoms with Gasteiger partial charge in [0.2, 0.25) is 5.89 Å². The van der Waals surface area contributed by atoms with Gasteiger partial charge in [-0.3, -0.25) is 4.98 Å². The van der Waals surface area contributed by atoms with Crippen molar-refractivity contribution in [2.45, 2.75) is 25.8 Å². The lowest BCUT2D eigenvalue weighted by atomic mass is 10.1. The lowest BCUT2D eigenvalue weighted by molar-refractivity contribution is 0.358. The Kier molecular flexibility index (Phi) is 3.49. The summed E-state index contributed by atoms with van der Waals surface area (Å²) in [6.07, 6.45) is 3.51. The first kappa shape index (κ1) is 11.7. The van der Waals surface area contributed by atoms with Crippen molar-refractivity contribution < 1.29 is 4.52 Å². The Bertz CT molecular complexity index is 466. The molecule has 0 aliphatic heterocycles. The SMILES string of the molecule is CN[C@H](c1ccncc1)c1noc(C(C)C)n1. The number of pyridine rings is 1. The van der Waals surface area contributed by atoms with E-state index in [1.54, 1.807) is 12.4 Å². The fourth-order valence-electron chi connectivity index (χ4n) is 1.60. The monoisotopic (exact) mass is 232 g/mol. The maximum atomic E-state index is 5.21. The second-order valence-corrected chi connectivity index (χ2v) is 4.15. The van der Waals surface area contributed by atoms with Crippen LogP contribution >= 0.6 is 0 Å². The number of nitrogens with zero attached hydrogens (tertiary/aromatic N) is 3. The van der Waals surface area contributed by atoms with Gasteiger partial charge in [-0.15, -0.1) is 0 Å². The molecule has 5 heteroatoms. The molecule has 2 rings (SSSR count). The highest BCUT2D eigenvalue weighted by Gasteiger charge is 2.19. The second-order valence-electron chi connectivity index (χ2n) is 4.15. The summed E-state index contributed by atoms with van der Waals surface area (Å²) >= 11 is 0. The zero-order valence-corrected chi connectivity index (χ0v) is 10.2. The van der Waals surface area contributed by atoms with Gasteiger partial charge in [-0.1, -0.05) is 19.0 Å². The van der Waals surface area contributed by atoms with E-state index in [2.05, 4.69) is 20.4 Å². The minimum Gasteiger partial charge on any atom is -0.339 e. The number of nitrogens with one attached hydrogen (secondary N) is 1. The van der Waals surface area contributed by atoms with Gasteiger partial charge in [0.1, 0.15) is 0 Å². The molecule has 0 saturated carbocycles. The molecular formula is C12H16N4O. The molecular weight excluding hydrogens is 216 g/mol. The van der Waals surface area contributed by atoms with E-state index in [1.165, 1.54) is 0 Å². The first-order valence-electron chi connectivity index (χ1n) is 5.63. The van der Waals surface area contributed by atoms with Crippen LogP contribution in [-0.4, -0.2) is 22.2 Å². The molecule has 0 aromatic carbocycles. The molecule has 0 saturated heterocycles. The van der Waals surface area contributed by atoms with Crippen LogP contribution in [0.3, 0.4) is 0 Å². The molecule has 5 nitrogen and oxygen atoms in total. The molecule has 17 heavy (non-hydrogen) atoms. The molecule has 1 atom stereocenters. The number of aromatic nitrogens is 3. The Labute approximate surface area is 100 Å². The minimum absolute atomic E-state index is 0.0609. The number of hydrogen-bond acceptors (Lipinski definition) is 5. The molecule has 0 spiro atoms. The van der Waals surface area contributed by atoms with E-state index < -0.39 is 0 Å². The standard InChI is InChI=1S/C12H16N4O/c1-8(2)12-15-11(16-17-12)10(13-3)9-4-6-14-7-5-9/h4-8,10,13H,1-3H3/t10-/m1/s1. The molecule has 90 valence electrons. The highest BCUT2D eigenvalue weighted by Crippen LogP contribution is 2.20. The van der Waals surface area contributed by atoms with Crippen LogP contribution in [-0.2, 0) is 0 Å². The summed E-state index contributed by atoms with van der Waals surface area (Å²) in [5, 5.41) is 7.19. The van der Waals surface area contributed by atoms with Crippen LogP contribution in [0.25, 0.3) is 0 Å². The molecule has 0 aliphatic carbocycles. The summed E-state index contributed by atoms with van der Waals surface area (Å²) in [6.45, 7) is 4.05. The highest BCUT2D eigenvalue weighted by molar-refractivity contribution is 5.21. The number of hydrogen-bond donors (Lipinski definition) is 1. The molecule has 0 radical (unpaired) electrons. The highest BCUT2D eigenvalue weighted by atomic mass is 16.5. The molecule has 0 bridgehead atoms. The molecule has 2 aromatic heterocycles. The number of rotatable bonds is 4. The Morgan fingerprint density at radius 3 is 2.47 bits per heavy atom. The molecule has 0 amide bonds. The Morgan fingerprint density at radius 1 is 1.24 bits per heavy atom. The van der Waals surface area contributed by atoms with Crippen LogP contribution < -0.4 is 5.32 Å². The van der Waals surface area contributed by atoms with Crippen molar-refractivity contribution in [2.24, 2.45) is 0 Å². The van der Waals surface area contributed by atoms with Crippen LogP contribution in [0.1, 0.15) is 43.1 Å². The smallest absolute Gasteiger partial charge is 0.229 e. The fourth-order valence-corrected chi connectivity index (χ4v) is 1.60. The van der Waals surface area contributed by atoms with Crippen LogP contribution in [0.15, 0.2) is 29.0 Å². The van der Waals surface area contributed by atoms with Gasteiger partial charge in [0.05, 0.1) is 6.04 Å². The van der Waals surface area contributed by atoms with E-state index in [0.717, 1.165) is 5.56 Å². The van der Waals surface area contributed by atoms with Gasteiger partial charge >= 0.3 is 0 Å². The van der Waals surface area contributed by atoms with E-state index in [0.29, 0.717) is 11.7 Å². The Morgan fingerprint density at radius 2 is 1.94 bits per heavy atom. The zero-order chi connectivity index (χ0) is 12.3. The first-order chi connectivity index (χ1) is 8.22. The lowest BCUT2D eigenvalue weighted by Crippen LogP contribution is -2.19. The average Bonchev–Trinajstić information content (AvgIpc) is 2.81. The summed E-state index contributed by atoms with van der Waals surface area (Å²) in [6, 6.07) is 3.81. The van der Waals surface area contributed by atoms with Crippen LogP contribution in [0.4, 0.5) is 0 Å². The summed E-state index contributed by atoms with van der Waals surface area (Å²) in [4.78, 5) is 8.39.